The molecule has 2 nitrogen and oxygen atoms in total. The van der Waals surface area contributed by atoms with Crippen molar-refractivity contribution in [2.75, 3.05) is 0 Å². The number of carbonyl (C=O) groups excluding carboxylic acids is 1. The minimum Gasteiger partial charge on any atom is -0.460 e. The largest absolute Gasteiger partial charge is 0.460 e. The van der Waals surface area contributed by atoms with Crippen LogP contribution in [0, 0.1) is 34.7 Å². The summed E-state index contributed by atoms with van der Waals surface area (Å²) in [5, 5.41) is -4.21. The number of benzene rings is 2. The van der Waals surface area contributed by atoms with Crippen molar-refractivity contribution in [3.63, 3.8) is 0 Å². The van der Waals surface area contributed by atoms with Crippen molar-refractivity contribution < 1.29 is 35.9 Å². The van der Waals surface area contributed by atoms with Crippen molar-refractivity contribution in [1.82, 2.24) is 0 Å². The maximum atomic E-state index is 14.9. The topological polar surface area (TPSA) is 26.3 Å². The van der Waals surface area contributed by atoms with Crippen LogP contribution in [-0.2, 0) is 16.1 Å². The molecule has 2 aromatic carbocycles. The van der Waals surface area contributed by atoms with Gasteiger partial charge < -0.3 is 4.74 Å². The maximum absolute atomic E-state index is 14.9. The molecular formula is C22H17ClF6O2. The minimum atomic E-state index is -4.21. The molecule has 0 radical (unpaired) electrons. The SMILES string of the molecule is CC1(C)[C@H](C(=O)OCc2c(F)cc(F)c(-c3ccccc3)c2F)[C@@H]1C=C(F)C(F)(F)Cl. The van der Waals surface area contributed by atoms with E-state index >= 15 is 0 Å². The predicted molar refractivity (Wildman–Crippen MR) is 102 cm³/mol. The number of ether oxygens (including phenoxy) is 1. The van der Waals surface area contributed by atoms with E-state index in [0.29, 0.717) is 12.1 Å². The molecule has 0 aromatic heterocycles. The van der Waals surface area contributed by atoms with E-state index < -0.39 is 69.6 Å². The van der Waals surface area contributed by atoms with Crippen molar-refractivity contribution in [3.05, 3.63) is 71.3 Å². The van der Waals surface area contributed by atoms with Crippen molar-refractivity contribution in [3.8, 4) is 11.1 Å². The summed E-state index contributed by atoms with van der Waals surface area (Å²) in [5.41, 5.74) is -1.91. The van der Waals surface area contributed by atoms with Crippen LogP contribution in [0.3, 0.4) is 0 Å². The normalized spacial score (nSPS) is 20.5. The predicted octanol–water partition coefficient (Wildman–Crippen LogP) is 6.77. The minimum absolute atomic E-state index is 0.163. The third-order valence-corrected chi connectivity index (χ3v) is 5.63. The highest BCUT2D eigenvalue weighted by molar-refractivity contribution is 6.23. The molecule has 1 saturated carbocycles. The second-order valence-electron chi connectivity index (χ2n) is 7.82. The summed E-state index contributed by atoms with van der Waals surface area (Å²) < 4.78 is 87.3. The molecule has 0 heterocycles. The lowest BCUT2D eigenvalue weighted by molar-refractivity contribution is -0.147. The Morgan fingerprint density at radius 3 is 2.35 bits per heavy atom. The molecule has 2 aromatic rings. The van der Waals surface area contributed by atoms with Crippen molar-refractivity contribution in [1.29, 1.82) is 0 Å². The fourth-order valence-electron chi connectivity index (χ4n) is 3.56. The number of hydrogen-bond acceptors (Lipinski definition) is 2. The van der Waals surface area contributed by atoms with Gasteiger partial charge in [0.25, 0.3) is 0 Å². The van der Waals surface area contributed by atoms with Crippen LogP contribution in [0.25, 0.3) is 11.1 Å². The van der Waals surface area contributed by atoms with Gasteiger partial charge in [-0.1, -0.05) is 44.2 Å². The Bertz CT molecular complexity index is 1030. The number of halogens is 7. The lowest BCUT2D eigenvalue weighted by Gasteiger charge is -2.12. The van der Waals surface area contributed by atoms with Gasteiger partial charge in [0.1, 0.15) is 24.1 Å². The molecule has 0 unspecified atom stereocenters. The first-order chi connectivity index (χ1) is 14.4. The summed E-state index contributed by atoms with van der Waals surface area (Å²) in [6.07, 6.45) is 0.547. The summed E-state index contributed by atoms with van der Waals surface area (Å²) in [7, 11) is 0. The standard InChI is InChI=1S/C22H17ClF6O2/c1-21(2)13(8-16(26)22(23,28)29)18(21)20(30)31-10-12-14(24)9-15(25)17(19(12)27)11-6-4-3-5-7-11/h3-9,13,18H,10H2,1-2H3/t13-,18-/m0/s1. The summed E-state index contributed by atoms with van der Waals surface area (Å²) in [6, 6.07) is 8.07. The van der Waals surface area contributed by atoms with Gasteiger partial charge in [-0.25, -0.2) is 17.6 Å². The zero-order valence-corrected chi connectivity index (χ0v) is 17.1. The number of hydrogen-bond donors (Lipinski definition) is 0. The van der Waals surface area contributed by atoms with Crippen LogP contribution in [0.2, 0.25) is 0 Å². The number of esters is 1. The van der Waals surface area contributed by atoms with Crippen LogP contribution in [0.1, 0.15) is 19.4 Å². The van der Waals surface area contributed by atoms with Gasteiger partial charge >= 0.3 is 11.4 Å². The van der Waals surface area contributed by atoms with Crippen molar-refractivity contribution >= 4 is 17.6 Å². The highest BCUT2D eigenvalue weighted by Crippen LogP contribution is 2.60. The first kappa shape index (κ1) is 23.2. The monoisotopic (exact) mass is 462 g/mol. The van der Waals surface area contributed by atoms with Crippen molar-refractivity contribution in [2.24, 2.45) is 17.3 Å². The quantitative estimate of drug-likeness (QED) is 0.269. The molecule has 0 bridgehead atoms. The third kappa shape index (κ3) is 4.59. The van der Waals surface area contributed by atoms with E-state index in [1.54, 1.807) is 18.2 Å². The van der Waals surface area contributed by atoms with Crippen LogP contribution in [0.5, 0.6) is 0 Å². The van der Waals surface area contributed by atoms with Crippen LogP contribution in [-0.4, -0.2) is 11.4 Å². The van der Waals surface area contributed by atoms with E-state index in [2.05, 4.69) is 11.6 Å². The van der Waals surface area contributed by atoms with Gasteiger partial charge in [0.15, 0.2) is 5.83 Å². The third-order valence-electron chi connectivity index (χ3n) is 5.45. The lowest BCUT2D eigenvalue weighted by atomic mass is 10.0. The lowest BCUT2D eigenvalue weighted by Crippen LogP contribution is -2.13. The number of alkyl halides is 3. The smallest absolute Gasteiger partial charge is 0.373 e. The number of rotatable bonds is 6. The molecule has 1 aliphatic carbocycles. The molecule has 2 atom stereocenters. The van der Waals surface area contributed by atoms with Gasteiger partial charge in [-0.15, -0.1) is 0 Å². The van der Waals surface area contributed by atoms with Crippen LogP contribution >= 0.6 is 11.6 Å². The number of allylic oxidation sites excluding steroid dienone is 2. The van der Waals surface area contributed by atoms with Crippen LogP contribution in [0.4, 0.5) is 26.3 Å². The Labute approximate surface area is 179 Å². The molecule has 0 spiro atoms. The Morgan fingerprint density at radius 2 is 1.77 bits per heavy atom. The highest BCUT2D eigenvalue weighted by atomic mass is 35.5. The van der Waals surface area contributed by atoms with Gasteiger partial charge in [-0.3, -0.25) is 4.79 Å². The fraction of sp³-hybridized carbons (Fsp3) is 0.318. The van der Waals surface area contributed by atoms with E-state index in [4.69, 9.17) is 4.74 Å². The first-order valence-corrected chi connectivity index (χ1v) is 9.56. The fourth-order valence-corrected chi connectivity index (χ4v) is 3.62. The molecule has 0 N–H and O–H groups in total. The molecule has 0 aliphatic heterocycles. The van der Waals surface area contributed by atoms with Crippen LogP contribution < -0.4 is 0 Å². The Kier molecular flexibility index (Phi) is 6.15. The second-order valence-corrected chi connectivity index (χ2v) is 8.29. The molecular weight excluding hydrogens is 446 g/mol. The highest BCUT2D eigenvalue weighted by Gasteiger charge is 2.62. The van der Waals surface area contributed by atoms with E-state index in [-0.39, 0.29) is 5.56 Å². The number of carbonyl (C=O) groups is 1. The van der Waals surface area contributed by atoms with Gasteiger partial charge in [-0.05, 0) is 34.6 Å². The van der Waals surface area contributed by atoms with Gasteiger partial charge in [-0.2, -0.15) is 8.78 Å². The Morgan fingerprint density at radius 1 is 1.16 bits per heavy atom. The van der Waals surface area contributed by atoms with Gasteiger partial charge in [0.05, 0.1) is 17.0 Å². The molecule has 1 aliphatic rings. The van der Waals surface area contributed by atoms with E-state index in [9.17, 15) is 31.1 Å². The van der Waals surface area contributed by atoms with Gasteiger partial charge in [0.2, 0.25) is 0 Å². The van der Waals surface area contributed by atoms with Crippen molar-refractivity contribution in [2.45, 2.75) is 25.8 Å². The van der Waals surface area contributed by atoms with E-state index in [0.717, 1.165) is 0 Å². The Balaban J connectivity index is 1.80. The molecule has 1 fully saturated rings. The zero-order chi connectivity index (χ0) is 23.1. The molecule has 0 amide bonds. The summed E-state index contributed by atoms with van der Waals surface area (Å²) in [4.78, 5) is 12.4. The second kappa shape index (κ2) is 8.22. The van der Waals surface area contributed by atoms with Crippen LogP contribution in [0.15, 0.2) is 48.3 Å². The summed E-state index contributed by atoms with van der Waals surface area (Å²) in [5.74, 6) is -8.41. The summed E-state index contributed by atoms with van der Waals surface area (Å²) in [6.45, 7) is 2.19. The molecule has 3 rings (SSSR count). The molecule has 31 heavy (non-hydrogen) atoms. The van der Waals surface area contributed by atoms with E-state index in [1.807, 2.05) is 0 Å². The van der Waals surface area contributed by atoms with Gasteiger partial charge in [0, 0.05) is 6.07 Å². The average molecular weight is 463 g/mol. The Hall–Kier alpha value is -2.48. The van der Waals surface area contributed by atoms with E-state index in [1.165, 1.54) is 26.0 Å². The maximum Gasteiger partial charge on any atom is 0.373 e. The average Bonchev–Trinajstić information content (AvgIpc) is 3.21. The zero-order valence-electron chi connectivity index (χ0n) is 16.4. The molecule has 0 saturated heterocycles. The molecule has 166 valence electrons. The summed E-state index contributed by atoms with van der Waals surface area (Å²) >= 11 is 4.62. The molecule has 9 heteroatoms. The first-order valence-electron chi connectivity index (χ1n) is 9.18.